The second-order valence-electron chi connectivity index (χ2n) is 4.59. The first-order valence-electron chi connectivity index (χ1n) is 6.98. The lowest BCUT2D eigenvalue weighted by molar-refractivity contribution is -0.142. The van der Waals surface area contributed by atoms with Crippen LogP contribution in [0.2, 0.25) is 0 Å². The maximum absolute atomic E-state index is 10.7. The van der Waals surface area contributed by atoms with Gasteiger partial charge in [0.1, 0.15) is 6.61 Å². The van der Waals surface area contributed by atoms with E-state index in [1.165, 1.54) is 43.4 Å². The average molecular weight is 386 g/mol. The molecule has 2 amide bonds. The van der Waals surface area contributed by atoms with Crippen molar-refractivity contribution in [2.45, 2.75) is 34.0 Å². The molecule has 3 N–H and O–H groups in total. The zero-order valence-electron chi connectivity index (χ0n) is 13.9. The predicted octanol–water partition coefficient (Wildman–Crippen LogP) is 1.76. The first-order valence-corrected chi connectivity index (χ1v) is 8.74. The van der Waals surface area contributed by atoms with E-state index < -0.39 is 0 Å². The summed E-state index contributed by atoms with van der Waals surface area (Å²) in [6.45, 7) is 4.22. The van der Waals surface area contributed by atoms with Crippen molar-refractivity contribution in [3.63, 3.8) is 0 Å². The third-order valence-corrected chi connectivity index (χ3v) is 3.87. The average Bonchev–Trinajstić information content (AvgIpc) is 3.14. The molecular formula is C14H18N4O5S2. The third-order valence-electron chi connectivity index (χ3n) is 2.25. The minimum atomic E-state index is -0.348. The van der Waals surface area contributed by atoms with E-state index in [1.807, 2.05) is 0 Å². The van der Waals surface area contributed by atoms with Crippen molar-refractivity contribution in [1.29, 1.82) is 0 Å². The summed E-state index contributed by atoms with van der Waals surface area (Å²) in [5, 5.41) is 18.1. The Morgan fingerprint density at radius 3 is 1.88 bits per heavy atom. The lowest BCUT2D eigenvalue weighted by Crippen LogP contribution is -2.05. The van der Waals surface area contributed by atoms with Gasteiger partial charge in [0.05, 0.1) is 18.0 Å². The normalized spacial score (nSPS) is 9.60. The Morgan fingerprint density at radius 1 is 1.00 bits per heavy atom. The summed E-state index contributed by atoms with van der Waals surface area (Å²) in [5.74, 6) is -0.665. The second kappa shape index (κ2) is 10.5. The van der Waals surface area contributed by atoms with Gasteiger partial charge in [-0.15, -0.1) is 22.7 Å². The Morgan fingerprint density at radius 2 is 1.48 bits per heavy atom. The summed E-state index contributed by atoms with van der Waals surface area (Å²) in [4.78, 5) is 39.6. The number of hydrogen-bond acceptors (Lipinski definition) is 9. The number of ether oxygens (including phenoxy) is 1. The van der Waals surface area contributed by atoms with Crippen LogP contribution >= 0.6 is 22.7 Å². The molecule has 2 heterocycles. The summed E-state index contributed by atoms with van der Waals surface area (Å²) in [6, 6.07) is 0. The highest BCUT2D eigenvalue weighted by molar-refractivity contribution is 7.14. The molecule has 0 bridgehead atoms. The van der Waals surface area contributed by atoms with Crippen LogP contribution in [0.5, 0.6) is 0 Å². The zero-order valence-corrected chi connectivity index (χ0v) is 15.5. The molecule has 0 aliphatic rings. The molecule has 0 saturated carbocycles. The van der Waals surface area contributed by atoms with Gasteiger partial charge in [0.2, 0.25) is 11.8 Å². The molecule has 0 unspecified atom stereocenters. The van der Waals surface area contributed by atoms with Gasteiger partial charge in [-0.3, -0.25) is 14.4 Å². The van der Waals surface area contributed by atoms with Gasteiger partial charge in [-0.1, -0.05) is 0 Å². The Kier molecular flexibility index (Phi) is 8.67. The number of aliphatic hydroxyl groups excluding tert-OH is 1. The standard InChI is InChI=1S/C8H10N2O3S.C6H8N2O2S/c1-5(11)9-8-10-7(4-14-8)3-13-6(2)12;1-4(10)7-6-8-5(2-9)3-11-6/h4H,3H2,1-2H3,(H,9,10,11);3,9H,2H2,1H3,(H,7,8,10). The number of esters is 1. The molecule has 0 spiro atoms. The number of aromatic nitrogens is 2. The summed E-state index contributed by atoms with van der Waals surface area (Å²) in [5.41, 5.74) is 1.22. The number of hydrogen-bond donors (Lipinski definition) is 3. The number of nitrogens with zero attached hydrogens (tertiary/aromatic N) is 2. The summed E-state index contributed by atoms with van der Waals surface area (Å²) < 4.78 is 4.74. The summed E-state index contributed by atoms with van der Waals surface area (Å²) in [6.07, 6.45) is 0. The molecule has 11 heteroatoms. The van der Waals surface area contributed by atoms with Crippen LogP contribution in [0.3, 0.4) is 0 Å². The molecule has 0 aliphatic carbocycles. The molecule has 2 rings (SSSR count). The summed E-state index contributed by atoms with van der Waals surface area (Å²) in [7, 11) is 0. The molecule has 0 saturated heterocycles. The second-order valence-corrected chi connectivity index (χ2v) is 6.30. The number of amides is 2. The van der Waals surface area contributed by atoms with Crippen LogP contribution in [0.25, 0.3) is 0 Å². The molecule has 2 aromatic rings. The van der Waals surface area contributed by atoms with Crippen molar-refractivity contribution in [2.24, 2.45) is 0 Å². The molecular weight excluding hydrogens is 368 g/mol. The van der Waals surface area contributed by atoms with Crippen molar-refractivity contribution >= 4 is 50.7 Å². The number of carbonyl (C=O) groups is 3. The number of anilines is 2. The maximum atomic E-state index is 10.7. The van der Waals surface area contributed by atoms with Gasteiger partial charge >= 0.3 is 5.97 Å². The number of thiazole rings is 2. The van der Waals surface area contributed by atoms with Crippen LogP contribution in [-0.4, -0.2) is 32.9 Å². The van der Waals surface area contributed by atoms with Crippen LogP contribution in [-0.2, 0) is 32.3 Å². The molecule has 0 atom stereocenters. The minimum Gasteiger partial charge on any atom is -0.459 e. The number of nitrogens with one attached hydrogen (secondary N) is 2. The number of carbonyl (C=O) groups excluding carboxylic acids is 3. The molecule has 9 nitrogen and oxygen atoms in total. The van der Waals surface area contributed by atoms with Gasteiger partial charge in [-0.2, -0.15) is 0 Å². The molecule has 136 valence electrons. The Balaban J connectivity index is 0.000000257. The van der Waals surface area contributed by atoms with E-state index in [2.05, 4.69) is 20.6 Å². The van der Waals surface area contributed by atoms with Gasteiger partial charge in [-0.05, 0) is 0 Å². The van der Waals surface area contributed by atoms with Crippen LogP contribution in [0, 0.1) is 0 Å². The van der Waals surface area contributed by atoms with Crippen molar-refractivity contribution in [3.8, 4) is 0 Å². The fraction of sp³-hybridized carbons (Fsp3) is 0.357. The molecule has 25 heavy (non-hydrogen) atoms. The minimum absolute atomic E-state index is 0.0872. The largest absolute Gasteiger partial charge is 0.459 e. The van der Waals surface area contributed by atoms with Crippen LogP contribution in [0.15, 0.2) is 10.8 Å². The van der Waals surface area contributed by atoms with Gasteiger partial charge < -0.3 is 20.5 Å². The maximum Gasteiger partial charge on any atom is 0.303 e. The molecule has 0 radical (unpaired) electrons. The van der Waals surface area contributed by atoms with Crippen molar-refractivity contribution < 1.29 is 24.2 Å². The Hall–Kier alpha value is -2.37. The highest BCUT2D eigenvalue weighted by Crippen LogP contribution is 2.16. The van der Waals surface area contributed by atoms with E-state index in [9.17, 15) is 14.4 Å². The van der Waals surface area contributed by atoms with E-state index in [0.29, 0.717) is 21.7 Å². The molecule has 0 fully saturated rings. The Bertz CT molecular complexity index is 728. The smallest absolute Gasteiger partial charge is 0.303 e. The number of aliphatic hydroxyl groups is 1. The number of rotatable bonds is 5. The lowest BCUT2D eigenvalue weighted by atomic mass is 10.5. The quantitative estimate of drug-likeness (QED) is 0.667. The molecule has 0 aromatic carbocycles. The topological polar surface area (TPSA) is 131 Å². The van der Waals surface area contributed by atoms with E-state index in [1.54, 1.807) is 10.8 Å². The van der Waals surface area contributed by atoms with Gasteiger partial charge in [0.15, 0.2) is 10.3 Å². The van der Waals surface area contributed by atoms with Crippen LogP contribution in [0.1, 0.15) is 32.2 Å². The van der Waals surface area contributed by atoms with Gasteiger partial charge in [0.25, 0.3) is 0 Å². The molecule has 2 aromatic heterocycles. The van der Waals surface area contributed by atoms with Crippen molar-refractivity contribution in [2.75, 3.05) is 10.6 Å². The fourth-order valence-electron chi connectivity index (χ4n) is 1.34. The van der Waals surface area contributed by atoms with Gasteiger partial charge in [0, 0.05) is 31.5 Å². The Labute approximate surface area is 152 Å². The van der Waals surface area contributed by atoms with Gasteiger partial charge in [-0.25, -0.2) is 9.97 Å². The molecule has 0 aliphatic heterocycles. The van der Waals surface area contributed by atoms with E-state index >= 15 is 0 Å². The highest BCUT2D eigenvalue weighted by atomic mass is 32.1. The monoisotopic (exact) mass is 386 g/mol. The van der Waals surface area contributed by atoms with Crippen molar-refractivity contribution in [1.82, 2.24) is 9.97 Å². The zero-order chi connectivity index (χ0) is 18.8. The van der Waals surface area contributed by atoms with Crippen molar-refractivity contribution in [3.05, 3.63) is 22.1 Å². The predicted molar refractivity (Wildman–Crippen MR) is 94.2 cm³/mol. The lowest BCUT2D eigenvalue weighted by Gasteiger charge is -1.97. The SMILES string of the molecule is CC(=O)Nc1nc(CO)cs1.CC(=O)Nc1nc(COC(C)=O)cs1. The first-order chi connectivity index (χ1) is 11.8. The fourth-order valence-corrected chi connectivity index (χ4v) is 2.83. The van der Waals surface area contributed by atoms with Crippen LogP contribution < -0.4 is 10.6 Å². The third kappa shape index (κ3) is 8.88. The first kappa shape index (κ1) is 20.7. The highest BCUT2D eigenvalue weighted by Gasteiger charge is 2.04. The van der Waals surface area contributed by atoms with E-state index in [4.69, 9.17) is 9.84 Å². The van der Waals surface area contributed by atoms with E-state index in [-0.39, 0.29) is 31.0 Å². The summed E-state index contributed by atoms with van der Waals surface area (Å²) >= 11 is 2.59. The van der Waals surface area contributed by atoms with E-state index in [0.717, 1.165) is 0 Å². The van der Waals surface area contributed by atoms with Crippen LogP contribution in [0.4, 0.5) is 10.3 Å².